The summed E-state index contributed by atoms with van der Waals surface area (Å²) in [5, 5.41) is 4.52. The van der Waals surface area contributed by atoms with E-state index in [0.717, 1.165) is 17.9 Å². The van der Waals surface area contributed by atoms with E-state index in [9.17, 15) is 0 Å². The minimum Gasteiger partial charge on any atom is -0.303 e. The van der Waals surface area contributed by atoms with Crippen molar-refractivity contribution in [3.05, 3.63) is 70.7 Å². The zero-order valence-corrected chi connectivity index (χ0v) is 12.9. The molecule has 0 fully saturated rings. The molecular weight excluding hydrogens is 266 g/mol. The summed E-state index contributed by atoms with van der Waals surface area (Å²) < 4.78 is 0. The molecule has 1 unspecified atom stereocenters. The highest BCUT2D eigenvalue weighted by molar-refractivity contribution is 6.30. The minimum atomic E-state index is 0.337. The highest BCUT2D eigenvalue weighted by Crippen LogP contribution is 2.24. The molecule has 0 amide bonds. The van der Waals surface area contributed by atoms with Crippen LogP contribution < -0.4 is 5.32 Å². The van der Waals surface area contributed by atoms with Crippen molar-refractivity contribution in [3.63, 3.8) is 0 Å². The Bertz CT molecular complexity index is 507. The molecule has 0 saturated heterocycles. The first-order valence-electron chi connectivity index (χ1n) is 7.27. The standard InChI is InChI=1S/C18H22ClN/c1-3-7-18(16-10-12-17(19)13-11-16)20-14(2)15-8-5-4-6-9-15/h4-6,8-14,18,20H,3,7H2,1-2H3/t14-,18?/m1/s1. The van der Waals surface area contributed by atoms with Crippen molar-refractivity contribution in [2.24, 2.45) is 0 Å². The zero-order chi connectivity index (χ0) is 14.4. The fraction of sp³-hybridized carbons (Fsp3) is 0.333. The van der Waals surface area contributed by atoms with Gasteiger partial charge in [-0.25, -0.2) is 0 Å². The van der Waals surface area contributed by atoms with E-state index < -0.39 is 0 Å². The molecule has 0 aliphatic rings. The van der Waals surface area contributed by atoms with Crippen LogP contribution >= 0.6 is 11.6 Å². The zero-order valence-electron chi connectivity index (χ0n) is 12.1. The number of rotatable bonds is 6. The number of halogens is 1. The van der Waals surface area contributed by atoms with Gasteiger partial charge in [0.2, 0.25) is 0 Å². The summed E-state index contributed by atoms with van der Waals surface area (Å²) in [5.41, 5.74) is 2.63. The van der Waals surface area contributed by atoms with Gasteiger partial charge >= 0.3 is 0 Å². The number of hydrogen-bond acceptors (Lipinski definition) is 1. The summed E-state index contributed by atoms with van der Waals surface area (Å²) in [5.74, 6) is 0. The monoisotopic (exact) mass is 287 g/mol. The predicted octanol–water partition coefficient (Wildman–Crippen LogP) is 5.53. The van der Waals surface area contributed by atoms with E-state index in [1.54, 1.807) is 0 Å². The second kappa shape index (κ2) is 7.47. The van der Waals surface area contributed by atoms with Crippen LogP contribution in [0.3, 0.4) is 0 Å². The molecule has 0 heterocycles. The van der Waals surface area contributed by atoms with Crippen molar-refractivity contribution >= 4 is 11.6 Å². The molecule has 2 rings (SSSR count). The summed E-state index contributed by atoms with van der Waals surface area (Å²) >= 11 is 5.97. The molecule has 0 bridgehead atoms. The predicted molar refractivity (Wildman–Crippen MR) is 87.1 cm³/mol. The average Bonchev–Trinajstić information content (AvgIpc) is 2.48. The van der Waals surface area contributed by atoms with Crippen molar-refractivity contribution in [1.82, 2.24) is 5.32 Å². The second-order valence-electron chi connectivity index (χ2n) is 5.19. The quantitative estimate of drug-likeness (QED) is 0.736. The lowest BCUT2D eigenvalue weighted by molar-refractivity contribution is 0.439. The van der Waals surface area contributed by atoms with Gasteiger partial charge in [0.15, 0.2) is 0 Å². The first kappa shape index (κ1) is 15.1. The number of benzene rings is 2. The fourth-order valence-electron chi connectivity index (χ4n) is 2.47. The molecule has 0 radical (unpaired) electrons. The van der Waals surface area contributed by atoms with Crippen molar-refractivity contribution in [1.29, 1.82) is 0 Å². The van der Waals surface area contributed by atoms with Gasteiger partial charge in [-0.3, -0.25) is 0 Å². The Balaban J connectivity index is 2.11. The summed E-state index contributed by atoms with van der Waals surface area (Å²) in [7, 11) is 0. The molecule has 106 valence electrons. The van der Waals surface area contributed by atoms with Gasteiger partial charge in [0.1, 0.15) is 0 Å². The van der Waals surface area contributed by atoms with Crippen LogP contribution in [0.15, 0.2) is 54.6 Å². The maximum atomic E-state index is 5.97. The molecule has 2 atom stereocenters. The van der Waals surface area contributed by atoms with Crippen LogP contribution in [-0.2, 0) is 0 Å². The van der Waals surface area contributed by atoms with Crippen molar-refractivity contribution in [2.75, 3.05) is 0 Å². The largest absolute Gasteiger partial charge is 0.303 e. The first-order valence-corrected chi connectivity index (χ1v) is 7.65. The lowest BCUT2D eigenvalue weighted by Crippen LogP contribution is -2.24. The van der Waals surface area contributed by atoms with Crippen molar-refractivity contribution in [2.45, 2.75) is 38.8 Å². The van der Waals surface area contributed by atoms with Crippen molar-refractivity contribution in [3.8, 4) is 0 Å². The Labute approximate surface area is 127 Å². The van der Waals surface area contributed by atoms with E-state index in [2.05, 4.69) is 61.6 Å². The minimum absolute atomic E-state index is 0.337. The van der Waals surface area contributed by atoms with E-state index in [1.165, 1.54) is 11.1 Å². The summed E-state index contributed by atoms with van der Waals surface area (Å²) in [6, 6.07) is 19.4. The van der Waals surface area contributed by atoms with Crippen LogP contribution in [0.2, 0.25) is 5.02 Å². The highest BCUT2D eigenvalue weighted by atomic mass is 35.5. The van der Waals surface area contributed by atoms with Gasteiger partial charge in [0.25, 0.3) is 0 Å². The molecule has 2 aromatic carbocycles. The molecule has 0 aromatic heterocycles. The van der Waals surface area contributed by atoms with E-state index in [1.807, 2.05) is 12.1 Å². The topological polar surface area (TPSA) is 12.0 Å². The van der Waals surface area contributed by atoms with Crippen LogP contribution in [0, 0.1) is 0 Å². The van der Waals surface area contributed by atoms with Gasteiger partial charge in [-0.15, -0.1) is 0 Å². The van der Waals surface area contributed by atoms with Crippen LogP contribution in [0.4, 0.5) is 0 Å². The molecule has 0 aliphatic heterocycles. The third kappa shape index (κ3) is 4.09. The summed E-state index contributed by atoms with van der Waals surface area (Å²) in [6.45, 7) is 4.44. The Hall–Kier alpha value is -1.31. The van der Waals surface area contributed by atoms with E-state index in [0.29, 0.717) is 12.1 Å². The van der Waals surface area contributed by atoms with Gasteiger partial charge in [0.05, 0.1) is 0 Å². The lowest BCUT2D eigenvalue weighted by atomic mass is 9.99. The molecule has 0 spiro atoms. The smallest absolute Gasteiger partial charge is 0.0406 e. The fourth-order valence-corrected chi connectivity index (χ4v) is 2.60. The molecule has 0 aliphatic carbocycles. The third-order valence-electron chi connectivity index (χ3n) is 3.60. The molecule has 1 N–H and O–H groups in total. The molecule has 0 saturated carbocycles. The Morgan fingerprint density at radius 2 is 1.60 bits per heavy atom. The van der Waals surface area contributed by atoms with Crippen LogP contribution in [0.1, 0.15) is 49.9 Å². The van der Waals surface area contributed by atoms with Gasteiger partial charge < -0.3 is 5.32 Å². The number of hydrogen-bond donors (Lipinski definition) is 1. The maximum Gasteiger partial charge on any atom is 0.0406 e. The lowest BCUT2D eigenvalue weighted by Gasteiger charge is -2.24. The van der Waals surface area contributed by atoms with Crippen LogP contribution in [0.5, 0.6) is 0 Å². The SMILES string of the molecule is CCCC(N[C@H](C)c1ccccc1)c1ccc(Cl)cc1. The third-order valence-corrected chi connectivity index (χ3v) is 3.85. The molecular formula is C18H22ClN. The Kier molecular flexibility index (Phi) is 5.63. The normalized spacial score (nSPS) is 13.9. The van der Waals surface area contributed by atoms with E-state index in [-0.39, 0.29) is 0 Å². The average molecular weight is 288 g/mol. The van der Waals surface area contributed by atoms with Gasteiger partial charge in [-0.05, 0) is 36.6 Å². The van der Waals surface area contributed by atoms with Crippen LogP contribution in [0.25, 0.3) is 0 Å². The summed E-state index contributed by atoms with van der Waals surface area (Å²) in [6.07, 6.45) is 2.28. The van der Waals surface area contributed by atoms with Crippen molar-refractivity contribution < 1.29 is 0 Å². The van der Waals surface area contributed by atoms with Gasteiger partial charge in [0, 0.05) is 17.1 Å². The molecule has 2 heteroatoms. The first-order chi connectivity index (χ1) is 9.70. The maximum absolute atomic E-state index is 5.97. The second-order valence-corrected chi connectivity index (χ2v) is 5.63. The van der Waals surface area contributed by atoms with E-state index >= 15 is 0 Å². The Morgan fingerprint density at radius 1 is 0.950 bits per heavy atom. The number of nitrogens with one attached hydrogen (secondary N) is 1. The summed E-state index contributed by atoms with van der Waals surface area (Å²) in [4.78, 5) is 0. The molecule has 20 heavy (non-hydrogen) atoms. The molecule has 2 aromatic rings. The van der Waals surface area contributed by atoms with Gasteiger partial charge in [-0.2, -0.15) is 0 Å². The molecule has 1 nitrogen and oxygen atoms in total. The van der Waals surface area contributed by atoms with Gasteiger partial charge in [-0.1, -0.05) is 67.4 Å². The Morgan fingerprint density at radius 3 is 2.20 bits per heavy atom. The van der Waals surface area contributed by atoms with Crippen LogP contribution in [-0.4, -0.2) is 0 Å². The highest BCUT2D eigenvalue weighted by Gasteiger charge is 2.14. The van der Waals surface area contributed by atoms with E-state index in [4.69, 9.17) is 11.6 Å².